The van der Waals surface area contributed by atoms with Crippen molar-refractivity contribution < 1.29 is 24.3 Å². The summed E-state index contributed by atoms with van der Waals surface area (Å²) in [6.07, 6.45) is 3.76. The lowest BCUT2D eigenvalue weighted by Gasteiger charge is -2.42. The molecule has 236 valence electrons. The van der Waals surface area contributed by atoms with Gasteiger partial charge in [0.25, 0.3) is 0 Å². The van der Waals surface area contributed by atoms with Crippen molar-refractivity contribution in [2.45, 2.75) is 25.7 Å². The van der Waals surface area contributed by atoms with Crippen molar-refractivity contribution in [2.24, 2.45) is 28.0 Å². The first-order chi connectivity index (χ1) is 22.5. The molecule has 1 fully saturated rings. The van der Waals surface area contributed by atoms with Gasteiger partial charge in [-0.25, -0.2) is 0 Å². The molecule has 0 bridgehead atoms. The molecule has 1 heterocycles. The maximum Gasteiger partial charge on any atom is 0.238 e. The minimum atomic E-state index is -0.719. The number of benzene rings is 3. The van der Waals surface area contributed by atoms with Crippen LogP contribution in [0.25, 0.3) is 0 Å². The Labute approximate surface area is 280 Å². The molecule has 1 N–H and O–H groups in total. The van der Waals surface area contributed by atoms with E-state index in [0.29, 0.717) is 50.2 Å². The van der Waals surface area contributed by atoms with E-state index in [1.165, 1.54) is 11.0 Å². The van der Waals surface area contributed by atoms with Crippen LogP contribution in [0.15, 0.2) is 116 Å². The smallest absolute Gasteiger partial charge is 0.238 e. The maximum atomic E-state index is 14.2. The lowest BCUT2D eigenvalue weighted by atomic mass is 9.59. The summed E-state index contributed by atoms with van der Waals surface area (Å²) in [5.41, 5.74) is 5.03. The molecule has 1 saturated heterocycles. The molecule has 10 heteroatoms. The Morgan fingerprint density at radius 2 is 1.53 bits per heavy atom. The van der Waals surface area contributed by atoms with Gasteiger partial charge in [0, 0.05) is 52.5 Å². The number of hydrogen-bond donors (Lipinski definition) is 1. The summed E-state index contributed by atoms with van der Waals surface area (Å²) >= 11 is 3.48. The molecule has 9 nitrogen and oxygen atoms in total. The predicted octanol–water partition coefficient (Wildman–Crippen LogP) is 7.27. The quantitative estimate of drug-likeness (QED) is 0.130. The van der Waals surface area contributed by atoms with Crippen LogP contribution in [-0.4, -0.2) is 42.6 Å². The van der Waals surface area contributed by atoms with Crippen LogP contribution < -0.4 is 9.80 Å². The molecule has 2 amide bonds. The lowest BCUT2D eigenvalue weighted by Crippen LogP contribution is -2.39. The zero-order valence-electron chi connectivity index (χ0n) is 26.0. The zero-order chi connectivity index (χ0) is 33.1. The highest BCUT2D eigenvalue weighted by atomic mass is 79.9. The molecule has 0 radical (unpaired) electrons. The highest BCUT2D eigenvalue weighted by molar-refractivity contribution is 9.10. The third-order valence-electron chi connectivity index (χ3n) is 9.62. The Kier molecular flexibility index (Phi) is 7.63. The molecule has 4 atom stereocenters. The van der Waals surface area contributed by atoms with Crippen molar-refractivity contribution in [2.75, 3.05) is 23.9 Å². The van der Waals surface area contributed by atoms with Crippen LogP contribution in [0.4, 0.5) is 22.7 Å². The van der Waals surface area contributed by atoms with Crippen LogP contribution in [0.1, 0.15) is 31.2 Å². The number of rotatable bonds is 5. The van der Waals surface area contributed by atoms with E-state index in [1.54, 1.807) is 49.4 Å². The number of aromatic hydroxyl groups is 1. The average molecular weight is 692 g/mol. The Hall–Kier alpha value is -4.96. The topological polar surface area (TPSA) is 120 Å². The highest BCUT2D eigenvalue weighted by Crippen LogP contribution is 2.56. The summed E-state index contributed by atoms with van der Waals surface area (Å²) in [5, 5.41) is 19.6. The molecule has 1 aliphatic heterocycles. The SMILES string of the molecule is CC1=CC(=O)C2=C(C1=O)C(c1cc(Br)ccc1O)C1=CCC3C(=O)N(c4ccc(N=Nc5ccc(N(C)C)cc5)cc4)C(=O)C3C1C2. The number of phenolic OH excluding ortho intramolecular Hbond substituents is 1. The molecule has 3 aromatic carbocycles. The fraction of sp³-hybridized carbons (Fsp3) is 0.243. The molecule has 47 heavy (non-hydrogen) atoms. The van der Waals surface area contributed by atoms with Gasteiger partial charge in [0.2, 0.25) is 11.8 Å². The number of phenols is 1. The molecular formula is C37H31BrN4O5. The number of halogens is 1. The Bertz CT molecular complexity index is 1990. The fourth-order valence-corrected chi connectivity index (χ4v) is 7.71. The summed E-state index contributed by atoms with van der Waals surface area (Å²) in [6.45, 7) is 1.62. The van der Waals surface area contributed by atoms with E-state index in [9.17, 15) is 24.3 Å². The van der Waals surface area contributed by atoms with Gasteiger partial charge in [-0.15, -0.1) is 0 Å². The summed E-state index contributed by atoms with van der Waals surface area (Å²) in [7, 11) is 3.93. The fourth-order valence-electron chi connectivity index (χ4n) is 7.33. The molecule has 4 unspecified atom stereocenters. The van der Waals surface area contributed by atoms with E-state index in [0.717, 1.165) is 11.3 Å². The number of azo groups is 1. The first kappa shape index (κ1) is 30.7. The second-order valence-electron chi connectivity index (χ2n) is 12.6. The van der Waals surface area contributed by atoms with Crippen molar-refractivity contribution in [1.82, 2.24) is 0 Å². The van der Waals surface area contributed by atoms with Gasteiger partial charge in [0.15, 0.2) is 11.6 Å². The molecular weight excluding hydrogens is 660 g/mol. The molecule has 0 spiro atoms. The van der Waals surface area contributed by atoms with Crippen LogP contribution in [0, 0.1) is 17.8 Å². The van der Waals surface area contributed by atoms with Gasteiger partial charge in [-0.05, 0) is 98.5 Å². The van der Waals surface area contributed by atoms with E-state index in [2.05, 4.69) is 26.2 Å². The summed E-state index contributed by atoms with van der Waals surface area (Å²) in [4.78, 5) is 58.2. The summed E-state index contributed by atoms with van der Waals surface area (Å²) in [6, 6.07) is 19.4. The first-order valence-corrected chi connectivity index (χ1v) is 16.2. The Morgan fingerprint density at radius 3 is 2.19 bits per heavy atom. The van der Waals surface area contributed by atoms with Crippen molar-refractivity contribution in [3.05, 3.63) is 111 Å². The highest BCUT2D eigenvalue weighted by Gasteiger charge is 2.56. The van der Waals surface area contributed by atoms with Crippen LogP contribution in [0.2, 0.25) is 0 Å². The number of allylic oxidation sites excluding steroid dienone is 6. The zero-order valence-corrected chi connectivity index (χ0v) is 27.6. The van der Waals surface area contributed by atoms with Gasteiger partial charge in [0.1, 0.15) is 5.75 Å². The Balaban J connectivity index is 1.20. The van der Waals surface area contributed by atoms with Crippen LogP contribution in [-0.2, 0) is 19.2 Å². The molecule has 3 aromatic rings. The monoisotopic (exact) mass is 690 g/mol. The minimum absolute atomic E-state index is 0.0144. The Morgan fingerprint density at radius 1 is 0.872 bits per heavy atom. The first-order valence-electron chi connectivity index (χ1n) is 15.4. The second-order valence-corrected chi connectivity index (χ2v) is 13.5. The van der Waals surface area contributed by atoms with E-state index in [1.807, 2.05) is 49.3 Å². The standard InChI is InChI=1S/C37H31BrN4O5/c1-19-16-31(44)29-18-27-25(32(34(29)35(19)45)28-17-20(38)4-15-30(28)43)13-14-26-33(27)37(47)42(36(26)46)24-11-7-22(8-12-24)40-39-21-5-9-23(10-6-21)41(2)3/h4-13,15-17,26-27,32-33,43H,14,18H2,1-3H3. The summed E-state index contributed by atoms with van der Waals surface area (Å²) in [5.74, 6) is -3.70. The molecule has 4 aliphatic rings. The van der Waals surface area contributed by atoms with E-state index in [4.69, 9.17) is 0 Å². The molecule has 0 aromatic heterocycles. The van der Waals surface area contributed by atoms with Gasteiger partial charge >= 0.3 is 0 Å². The predicted molar refractivity (Wildman–Crippen MR) is 181 cm³/mol. The largest absolute Gasteiger partial charge is 0.508 e. The van der Waals surface area contributed by atoms with Crippen molar-refractivity contribution in [3.63, 3.8) is 0 Å². The van der Waals surface area contributed by atoms with Crippen molar-refractivity contribution >= 4 is 62.1 Å². The van der Waals surface area contributed by atoms with Gasteiger partial charge in [0.05, 0.1) is 28.9 Å². The third kappa shape index (κ3) is 5.17. The number of Topliss-reactive ketones (excluding diaryl/α,β-unsaturated/α-hetero) is 1. The number of anilines is 2. The summed E-state index contributed by atoms with van der Waals surface area (Å²) < 4.78 is 0.703. The number of imide groups is 1. The number of amides is 2. The second kappa shape index (κ2) is 11.7. The molecule has 3 aliphatic carbocycles. The van der Waals surface area contributed by atoms with Gasteiger partial charge in [-0.1, -0.05) is 27.6 Å². The van der Waals surface area contributed by atoms with Crippen molar-refractivity contribution in [1.29, 1.82) is 0 Å². The van der Waals surface area contributed by atoms with Crippen LogP contribution in [0.3, 0.4) is 0 Å². The van der Waals surface area contributed by atoms with E-state index >= 15 is 0 Å². The van der Waals surface area contributed by atoms with Gasteiger partial charge in [-0.2, -0.15) is 10.2 Å². The van der Waals surface area contributed by atoms with Gasteiger partial charge < -0.3 is 10.0 Å². The number of ketones is 2. The number of carbonyl (C=O) groups is 4. The van der Waals surface area contributed by atoms with E-state index < -0.39 is 23.7 Å². The number of carbonyl (C=O) groups excluding carboxylic acids is 4. The maximum absolute atomic E-state index is 14.2. The average Bonchev–Trinajstić information content (AvgIpc) is 3.32. The number of nitrogens with zero attached hydrogens (tertiary/aromatic N) is 4. The molecule has 7 rings (SSSR count). The number of fused-ring (bicyclic) bond motifs is 3. The van der Waals surface area contributed by atoms with Crippen LogP contribution >= 0.6 is 15.9 Å². The third-order valence-corrected chi connectivity index (χ3v) is 10.1. The van der Waals surface area contributed by atoms with Gasteiger partial charge in [-0.3, -0.25) is 24.1 Å². The normalized spacial score (nSPS) is 23.9. The minimum Gasteiger partial charge on any atom is -0.508 e. The van der Waals surface area contributed by atoms with Crippen LogP contribution in [0.5, 0.6) is 5.75 Å². The molecule has 0 saturated carbocycles. The lowest BCUT2D eigenvalue weighted by molar-refractivity contribution is -0.123. The number of hydrogen-bond acceptors (Lipinski definition) is 8. The van der Waals surface area contributed by atoms with E-state index in [-0.39, 0.29) is 35.6 Å². The van der Waals surface area contributed by atoms with Crippen molar-refractivity contribution in [3.8, 4) is 5.75 Å².